The highest BCUT2D eigenvalue weighted by Gasteiger charge is 2.12. The van der Waals surface area contributed by atoms with Gasteiger partial charge >= 0.3 is 0 Å². The summed E-state index contributed by atoms with van der Waals surface area (Å²) in [5.41, 5.74) is 0.638. The van der Waals surface area contributed by atoms with Crippen LogP contribution in [0.15, 0.2) is 29.2 Å². The van der Waals surface area contributed by atoms with Crippen molar-refractivity contribution in [1.82, 2.24) is 10.6 Å². The molecule has 5 heteroatoms. The van der Waals surface area contributed by atoms with Gasteiger partial charge in [0.05, 0.1) is 11.3 Å². The average Bonchev–Trinajstić information content (AvgIpc) is 2.48. The predicted octanol–water partition coefficient (Wildman–Crippen LogP) is 3.47. The van der Waals surface area contributed by atoms with E-state index < -0.39 is 0 Å². The fourth-order valence-electron chi connectivity index (χ4n) is 2.09. The SMILES string of the molecule is CC(C)CCCNC(=O)c1ccccc1SCC(=O)NC(C)C. The second-order valence-electron chi connectivity index (χ2n) is 6.30. The third-order valence-electron chi connectivity index (χ3n) is 3.18. The maximum Gasteiger partial charge on any atom is 0.252 e. The Morgan fingerprint density at radius 2 is 1.83 bits per heavy atom. The highest BCUT2D eigenvalue weighted by atomic mass is 32.2. The van der Waals surface area contributed by atoms with Crippen LogP contribution in [0.2, 0.25) is 0 Å². The lowest BCUT2D eigenvalue weighted by Crippen LogP contribution is -2.31. The van der Waals surface area contributed by atoms with E-state index in [9.17, 15) is 9.59 Å². The van der Waals surface area contributed by atoms with Crippen molar-refractivity contribution in [3.05, 3.63) is 29.8 Å². The van der Waals surface area contributed by atoms with Crippen molar-refractivity contribution in [2.45, 2.75) is 51.5 Å². The van der Waals surface area contributed by atoms with Gasteiger partial charge in [0.15, 0.2) is 0 Å². The number of benzene rings is 1. The molecule has 0 spiro atoms. The molecule has 0 aromatic heterocycles. The lowest BCUT2D eigenvalue weighted by molar-refractivity contribution is -0.119. The van der Waals surface area contributed by atoms with Crippen LogP contribution >= 0.6 is 11.8 Å². The number of carbonyl (C=O) groups is 2. The van der Waals surface area contributed by atoms with Crippen LogP contribution in [0.25, 0.3) is 0 Å². The Kier molecular flexibility index (Phi) is 8.77. The molecule has 0 unspecified atom stereocenters. The summed E-state index contributed by atoms with van der Waals surface area (Å²) >= 11 is 1.40. The normalized spacial score (nSPS) is 10.9. The molecule has 1 aromatic rings. The van der Waals surface area contributed by atoms with Gasteiger partial charge in [-0.3, -0.25) is 9.59 Å². The highest BCUT2D eigenvalue weighted by Crippen LogP contribution is 2.22. The predicted molar refractivity (Wildman–Crippen MR) is 96.8 cm³/mol. The van der Waals surface area contributed by atoms with Gasteiger partial charge in [-0.15, -0.1) is 11.8 Å². The number of thioether (sulfide) groups is 1. The second-order valence-corrected chi connectivity index (χ2v) is 7.32. The number of hydrogen-bond donors (Lipinski definition) is 2. The maximum atomic E-state index is 12.3. The van der Waals surface area contributed by atoms with Gasteiger partial charge < -0.3 is 10.6 Å². The maximum absolute atomic E-state index is 12.3. The first-order valence-corrected chi connectivity index (χ1v) is 9.18. The molecular weight excluding hydrogens is 308 g/mol. The molecule has 4 nitrogen and oxygen atoms in total. The summed E-state index contributed by atoms with van der Waals surface area (Å²) in [6, 6.07) is 7.55. The number of hydrogen-bond acceptors (Lipinski definition) is 3. The van der Waals surface area contributed by atoms with Crippen LogP contribution in [0.5, 0.6) is 0 Å². The summed E-state index contributed by atoms with van der Waals surface area (Å²) in [6.07, 6.45) is 2.08. The van der Waals surface area contributed by atoms with E-state index in [0.29, 0.717) is 23.8 Å². The Balaban J connectivity index is 2.55. The minimum absolute atomic E-state index is 0.0165. The monoisotopic (exact) mass is 336 g/mol. The largest absolute Gasteiger partial charge is 0.353 e. The van der Waals surface area contributed by atoms with E-state index in [-0.39, 0.29) is 17.9 Å². The van der Waals surface area contributed by atoms with Crippen molar-refractivity contribution in [2.24, 2.45) is 5.92 Å². The third kappa shape index (κ3) is 8.07. The molecule has 0 heterocycles. The minimum Gasteiger partial charge on any atom is -0.353 e. The van der Waals surface area contributed by atoms with Crippen LogP contribution in [0.3, 0.4) is 0 Å². The summed E-state index contributed by atoms with van der Waals surface area (Å²) in [5, 5.41) is 5.82. The van der Waals surface area contributed by atoms with Gasteiger partial charge in [-0.2, -0.15) is 0 Å². The third-order valence-corrected chi connectivity index (χ3v) is 4.26. The number of rotatable bonds is 9. The van der Waals surface area contributed by atoms with Crippen molar-refractivity contribution >= 4 is 23.6 Å². The second kappa shape index (κ2) is 10.3. The molecule has 0 aliphatic rings. The lowest BCUT2D eigenvalue weighted by atomic mass is 10.1. The van der Waals surface area contributed by atoms with Gasteiger partial charge in [-0.1, -0.05) is 26.0 Å². The molecule has 0 fully saturated rings. The molecule has 0 saturated heterocycles. The molecule has 2 amide bonds. The van der Waals surface area contributed by atoms with Gasteiger partial charge in [0.2, 0.25) is 5.91 Å². The fourth-order valence-corrected chi connectivity index (χ4v) is 2.96. The molecule has 0 saturated carbocycles. The number of amides is 2. The Labute approximate surface area is 143 Å². The molecule has 1 rings (SSSR count). The van der Waals surface area contributed by atoms with Crippen LogP contribution in [-0.2, 0) is 4.79 Å². The highest BCUT2D eigenvalue weighted by molar-refractivity contribution is 8.00. The van der Waals surface area contributed by atoms with E-state index in [0.717, 1.165) is 17.7 Å². The van der Waals surface area contributed by atoms with Gasteiger partial charge in [0, 0.05) is 17.5 Å². The first-order valence-electron chi connectivity index (χ1n) is 8.19. The quantitative estimate of drug-likeness (QED) is 0.536. The first kappa shape index (κ1) is 19.6. The van der Waals surface area contributed by atoms with Gasteiger partial charge in [0.1, 0.15) is 0 Å². The molecule has 23 heavy (non-hydrogen) atoms. The van der Waals surface area contributed by atoms with Crippen LogP contribution in [0, 0.1) is 5.92 Å². The van der Waals surface area contributed by atoms with E-state index in [2.05, 4.69) is 24.5 Å². The van der Waals surface area contributed by atoms with Gasteiger partial charge in [-0.25, -0.2) is 0 Å². The zero-order chi connectivity index (χ0) is 17.2. The topological polar surface area (TPSA) is 58.2 Å². The summed E-state index contributed by atoms with van der Waals surface area (Å²) < 4.78 is 0. The van der Waals surface area contributed by atoms with E-state index in [4.69, 9.17) is 0 Å². The molecule has 0 bridgehead atoms. The molecular formula is C18H28N2O2S. The molecule has 0 aliphatic heterocycles. The van der Waals surface area contributed by atoms with E-state index in [1.807, 2.05) is 32.0 Å². The Morgan fingerprint density at radius 1 is 1.13 bits per heavy atom. The van der Waals surface area contributed by atoms with Crippen LogP contribution < -0.4 is 10.6 Å². The van der Waals surface area contributed by atoms with Crippen molar-refractivity contribution in [2.75, 3.05) is 12.3 Å². The molecule has 1 aromatic carbocycles. The molecule has 2 N–H and O–H groups in total. The molecule has 0 atom stereocenters. The van der Waals surface area contributed by atoms with Crippen LogP contribution in [0.1, 0.15) is 50.9 Å². The molecule has 0 aliphatic carbocycles. The minimum atomic E-state index is -0.0684. The van der Waals surface area contributed by atoms with Crippen LogP contribution in [0.4, 0.5) is 0 Å². The van der Waals surface area contributed by atoms with Crippen molar-refractivity contribution in [1.29, 1.82) is 0 Å². The zero-order valence-electron chi connectivity index (χ0n) is 14.5. The Hall–Kier alpha value is -1.49. The van der Waals surface area contributed by atoms with Crippen LogP contribution in [-0.4, -0.2) is 30.2 Å². The van der Waals surface area contributed by atoms with E-state index >= 15 is 0 Å². The smallest absolute Gasteiger partial charge is 0.252 e. The van der Waals surface area contributed by atoms with E-state index in [1.165, 1.54) is 11.8 Å². The van der Waals surface area contributed by atoms with Gasteiger partial charge in [-0.05, 0) is 44.7 Å². The lowest BCUT2D eigenvalue weighted by Gasteiger charge is -2.11. The summed E-state index contributed by atoms with van der Waals surface area (Å²) in [5.74, 6) is 0.878. The average molecular weight is 337 g/mol. The zero-order valence-corrected chi connectivity index (χ0v) is 15.3. The van der Waals surface area contributed by atoms with Gasteiger partial charge in [0.25, 0.3) is 5.91 Å². The fraction of sp³-hybridized carbons (Fsp3) is 0.556. The number of nitrogens with one attached hydrogen (secondary N) is 2. The summed E-state index contributed by atoms with van der Waals surface area (Å²) in [6.45, 7) is 8.90. The first-order chi connectivity index (χ1) is 10.9. The molecule has 128 valence electrons. The number of carbonyl (C=O) groups excluding carboxylic acids is 2. The Bertz CT molecular complexity index is 515. The summed E-state index contributed by atoms with van der Waals surface area (Å²) in [4.78, 5) is 24.9. The standard InChI is InChI=1S/C18H28N2O2S/c1-13(2)8-7-11-19-18(22)15-9-5-6-10-16(15)23-12-17(21)20-14(3)4/h5-6,9-10,13-14H,7-8,11-12H2,1-4H3,(H,19,22)(H,20,21). The van der Waals surface area contributed by atoms with Crippen molar-refractivity contribution < 1.29 is 9.59 Å². The molecule has 0 radical (unpaired) electrons. The summed E-state index contributed by atoms with van der Waals surface area (Å²) in [7, 11) is 0. The Morgan fingerprint density at radius 3 is 2.48 bits per heavy atom. The van der Waals surface area contributed by atoms with Crippen molar-refractivity contribution in [3.8, 4) is 0 Å². The van der Waals surface area contributed by atoms with Crippen molar-refractivity contribution in [3.63, 3.8) is 0 Å². The van der Waals surface area contributed by atoms with E-state index in [1.54, 1.807) is 6.07 Å².